The van der Waals surface area contributed by atoms with Crippen LogP contribution in [0.1, 0.15) is 28.8 Å². The average Bonchev–Trinajstić information content (AvgIpc) is 3.15. The summed E-state index contributed by atoms with van der Waals surface area (Å²) in [5.41, 5.74) is 0.213. The summed E-state index contributed by atoms with van der Waals surface area (Å²) in [5.74, 6) is 0.773. The molecule has 0 N–H and O–H groups in total. The van der Waals surface area contributed by atoms with Crippen LogP contribution >= 0.6 is 0 Å². The number of aromatic nitrogens is 3. The first-order valence-corrected chi connectivity index (χ1v) is 12.7. The largest absolute Gasteiger partial charge is 0.496 e. The van der Waals surface area contributed by atoms with Crippen molar-refractivity contribution in [1.82, 2.24) is 14.7 Å². The van der Waals surface area contributed by atoms with E-state index in [1.807, 2.05) is 0 Å². The number of ether oxygens (including phenoxy) is 1. The lowest BCUT2D eigenvalue weighted by Gasteiger charge is -2.22. The molecule has 0 aliphatic rings. The lowest BCUT2D eigenvalue weighted by atomic mass is 9.98. The Morgan fingerprint density at radius 2 is 1.89 bits per heavy atom. The number of nitrogens with zero attached hydrogens (tertiary/aromatic N) is 3. The quantitative estimate of drug-likeness (QED) is 0.321. The van der Waals surface area contributed by atoms with Crippen molar-refractivity contribution in [1.29, 1.82) is 0 Å². The lowest BCUT2D eigenvalue weighted by Crippen LogP contribution is -2.34. The monoisotopic (exact) mass is 537 g/mol. The van der Waals surface area contributed by atoms with Gasteiger partial charge in [-0.2, -0.15) is 21.6 Å². The van der Waals surface area contributed by atoms with Crippen LogP contribution in [-0.4, -0.2) is 42.7 Å². The minimum atomic E-state index is -5.20. The Bertz CT molecular complexity index is 1610. The fraction of sp³-hybridized carbons (Fsp3) is 0.292. The second-order valence-corrected chi connectivity index (χ2v) is 9.95. The molecule has 196 valence electrons. The molecule has 13 heteroatoms. The minimum absolute atomic E-state index is 0.193. The van der Waals surface area contributed by atoms with E-state index in [2.05, 4.69) is 14.3 Å². The maximum atomic E-state index is 14.0. The minimum Gasteiger partial charge on any atom is -0.496 e. The Morgan fingerprint density at radius 3 is 2.43 bits per heavy atom. The SMILES string of the molecule is COc1cc2c(cc1-c1c(C)noc1C)cc(C(OS(C)(=O)=O)C(F)(F)F)c(=O)n2Cc1ccccn1. The van der Waals surface area contributed by atoms with Crippen LogP contribution in [0.4, 0.5) is 13.2 Å². The van der Waals surface area contributed by atoms with Crippen LogP contribution in [0.2, 0.25) is 0 Å². The predicted molar refractivity (Wildman–Crippen MR) is 128 cm³/mol. The van der Waals surface area contributed by atoms with Gasteiger partial charge in [0.25, 0.3) is 15.7 Å². The van der Waals surface area contributed by atoms with E-state index in [1.165, 1.54) is 25.4 Å². The molecule has 1 aromatic carbocycles. The number of fused-ring (bicyclic) bond motifs is 1. The zero-order chi connectivity index (χ0) is 27.1. The van der Waals surface area contributed by atoms with Gasteiger partial charge >= 0.3 is 6.18 Å². The maximum Gasteiger partial charge on any atom is 0.420 e. The number of pyridine rings is 2. The Hall–Kier alpha value is -3.71. The van der Waals surface area contributed by atoms with Gasteiger partial charge in [-0.15, -0.1) is 0 Å². The smallest absolute Gasteiger partial charge is 0.420 e. The molecular formula is C24H22F3N3O6S. The third-order valence-electron chi connectivity index (χ3n) is 5.64. The van der Waals surface area contributed by atoms with Crippen molar-refractivity contribution in [3.05, 3.63) is 75.7 Å². The van der Waals surface area contributed by atoms with Crippen LogP contribution < -0.4 is 10.3 Å². The zero-order valence-corrected chi connectivity index (χ0v) is 21.0. The fourth-order valence-corrected chi connectivity index (χ4v) is 4.68. The summed E-state index contributed by atoms with van der Waals surface area (Å²) < 4.78 is 81.7. The van der Waals surface area contributed by atoms with Gasteiger partial charge < -0.3 is 13.8 Å². The van der Waals surface area contributed by atoms with Gasteiger partial charge in [-0.3, -0.25) is 14.0 Å². The molecule has 3 heterocycles. The van der Waals surface area contributed by atoms with E-state index in [0.717, 1.165) is 10.6 Å². The molecule has 0 spiro atoms. The van der Waals surface area contributed by atoms with Crippen molar-refractivity contribution in [3.8, 4) is 16.9 Å². The van der Waals surface area contributed by atoms with E-state index in [0.29, 0.717) is 40.3 Å². The first kappa shape index (κ1) is 26.4. The molecule has 0 saturated carbocycles. The molecule has 1 unspecified atom stereocenters. The maximum absolute atomic E-state index is 14.0. The molecule has 0 aliphatic heterocycles. The van der Waals surface area contributed by atoms with Gasteiger partial charge in [-0.05, 0) is 43.5 Å². The van der Waals surface area contributed by atoms with Crippen molar-refractivity contribution in [2.75, 3.05) is 13.4 Å². The molecule has 0 radical (unpaired) electrons. The van der Waals surface area contributed by atoms with Crippen molar-refractivity contribution in [2.24, 2.45) is 0 Å². The highest BCUT2D eigenvalue weighted by Gasteiger charge is 2.46. The number of aryl methyl sites for hydroxylation is 2. The lowest BCUT2D eigenvalue weighted by molar-refractivity contribution is -0.197. The highest BCUT2D eigenvalue weighted by Crippen LogP contribution is 2.40. The summed E-state index contributed by atoms with van der Waals surface area (Å²) in [7, 11) is -3.17. The first-order valence-electron chi connectivity index (χ1n) is 10.8. The Kier molecular flexibility index (Phi) is 6.86. The Morgan fingerprint density at radius 1 is 1.16 bits per heavy atom. The second-order valence-electron chi connectivity index (χ2n) is 8.34. The van der Waals surface area contributed by atoms with Crippen LogP contribution in [0.3, 0.4) is 0 Å². The van der Waals surface area contributed by atoms with Crippen molar-refractivity contribution in [3.63, 3.8) is 0 Å². The molecule has 0 saturated heterocycles. The third kappa shape index (κ3) is 5.37. The number of halogens is 3. The van der Waals surface area contributed by atoms with Crippen LogP contribution in [0, 0.1) is 13.8 Å². The van der Waals surface area contributed by atoms with E-state index in [-0.39, 0.29) is 17.4 Å². The summed E-state index contributed by atoms with van der Waals surface area (Å²) >= 11 is 0. The summed E-state index contributed by atoms with van der Waals surface area (Å²) in [4.78, 5) is 17.6. The molecule has 4 rings (SSSR count). The zero-order valence-electron chi connectivity index (χ0n) is 20.2. The third-order valence-corrected chi connectivity index (χ3v) is 6.18. The van der Waals surface area contributed by atoms with Gasteiger partial charge in [0.2, 0.25) is 6.10 Å². The number of alkyl halides is 3. The molecule has 0 amide bonds. The van der Waals surface area contributed by atoms with Crippen LogP contribution in [0.25, 0.3) is 22.0 Å². The van der Waals surface area contributed by atoms with E-state index in [4.69, 9.17) is 9.26 Å². The molecule has 0 fully saturated rings. The standard InChI is InChI=1S/C24H22F3N3O6S/c1-13-21(14(2)35-29-13)17-9-15-10-18(22(24(25,26)27)36-37(4,32)33)23(31)30(19(15)11-20(17)34-3)12-16-7-5-6-8-28-16/h5-11,22H,12H2,1-4H3. The summed E-state index contributed by atoms with van der Waals surface area (Å²) in [5, 5.41) is 4.13. The van der Waals surface area contributed by atoms with Crippen LogP contribution in [0.5, 0.6) is 5.75 Å². The van der Waals surface area contributed by atoms with E-state index in [1.54, 1.807) is 32.0 Å². The van der Waals surface area contributed by atoms with Gasteiger partial charge in [0.15, 0.2) is 0 Å². The first-order chi connectivity index (χ1) is 17.3. The van der Waals surface area contributed by atoms with Gasteiger partial charge in [-0.25, -0.2) is 0 Å². The van der Waals surface area contributed by atoms with Gasteiger partial charge in [0.05, 0.1) is 47.9 Å². The number of hydrogen-bond acceptors (Lipinski definition) is 8. The molecule has 37 heavy (non-hydrogen) atoms. The topological polar surface area (TPSA) is 114 Å². The normalized spacial score (nSPS) is 13.2. The molecule has 0 aliphatic carbocycles. The van der Waals surface area contributed by atoms with Gasteiger partial charge in [-0.1, -0.05) is 11.2 Å². The van der Waals surface area contributed by atoms with Crippen LogP contribution in [-0.2, 0) is 20.8 Å². The number of hydrogen-bond donors (Lipinski definition) is 0. The van der Waals surface area contributed by atoms with Crippen molar-refractivity contribution >= 4 is 21.0 Å². The van der Waals surface area contributed by atoms with Crippen molar-refractivity contribution in [2.45, 2.75) is 32.7 Å². The summed E-state index contributed by atoms with van der Waals surface area (Å²) in [6.07, 6.45) is -6.25. The number of methoxy groups -OCH3 is 1. The molecular weight excluding hydrogens is 515 g/mol. The Balaban J connectivity index is 2.08. The average molecular weight is 538 g/mol. The molecule has 1 atom stereocenters. The summed E-state index contributed by atoms with van der Waals surface area (Å²) in [6, 6.07) is 8.96. The van der Waals surface area contributed by atoms with Crippen LogP contribution in [0.15, 0.2) is 51.9 Å². The number of benzene rings is 1. The van der Waals surface area contributed by atoms with E-state index in [9.17, 15) is 26.4 Å². The molecule has 0 bridgehead atoms. The second kappa shape index (κ2) is 9.63. The molecule has 9 nitrogen and oxygen atoms in total. The fourth-order valence-electron chi connectivity index (χ4n) is 4.12. The van der Waals surface area contributed by atoms with Crippen molar-refractivity contribution < 1.29 is 35.0 Å². The van der Waals surface area contributed by atoms with Gasteiger partial charge in [0.1, 0.15) is 11.5 Å². The van der Waals surface area contributed by atoms with E-state index < -0.39 is 33.5 Å². The highest BCUT2D eigenvalue weighted by atomic mass is 32.2. The van der Waals surface area contributed by atoms with E-state index >= 15 is 0 Å². The molecule has 4 aromatic rings. The Labute approximate surface area is 209 Å². The van der Waals surface area contributed by atoms with Gasteiger partial charge in [0, 0.05) is 17.8 Å². The highest BCUT2D eigenvalue weighted by molar-refractivity contribution is 7.86. The number of rotatable bonds is 7. The predicted octanol–water partition coefficient (Wildman–Crippen LogP) is 4.30. The molecule has 3 aromatic heterocycles. The summed E-state index contributed by atoms with van der Waals surface area (Å²) in [6.45, 7) is 3.18.